The van der Waals surface area contributed by atoms with Crippen molar-refractivity contribution in [2.24, 2.45) is 0 Å². The Bertz CT molecular complexity index is 705. The van der Waals surface area contributed by atoms with E-state index in [1.54, 1.807) is 0 Å². The van der Waals surface area contributed by atoms with Crippen LogP contribution in [0.2, 0.25) is 0 Å². The van der Waals surface area contributed by atoms with Gasteiger partial charge in [-0.25, -0.2) is 4.98 Å². The van der Waals surface area contributed by atoms with E-state index in [2.05, 4.69) is 25.9 Å². The standard InChI is InChI=1S/C16H13BrN2O/c1-11-18-15(16(17)19-11)12-7-9-14(10-8-12)20-13-5-3-2-4-6-13/h2-10H,1H3,(H,18,19). The SMILES string of the molecule is Cc1nc(-c2ccc(Oc3ccccc3)cc2)c(Br)[nH]1. The zero-order valence-corrected chi connectivity index (χ0v) is 12.5. The Morgan fingerprint density at radius 1 is 0.950 bits per heavy atom. The molecule has 0 radical (unpaired) electrons. The first-order chi connectivity index (χ1) is 9.72. The summed E-state index contributed by atoms with van der Waals surface area (Å²) in [4.78, 5) is 7.59. The maximum absolute atomic E-state index is 5.76. The molecule has 2 aromatic carbocycles. The number of aryl methyl sites for hydroxylation is 1. The normalized spacial score (nSPS) is 10.5. The van der Waals surface area contributed by atoms with Gasteiger partial charge < -0.3 is 9.72 Å². The van der Waals surface area contributed by atoms with Crippen molar-refractivity contribution >= 4 is 15.9 Å². The number of benzene rings is 2. The number of aromatic nitrogens is 2. The first-order valence-electron chi connectivity index (χ1n) is 6.28. The number of hydrogen-bond donors (Lipinski definition) is 1. The quantitative estimate of drug-likeness (QED) is 0.739. The molecule has 100 valence electrons. The molecule has 1 heterocycles. The van der Waals surface area contributed by atoms with E-state index >= 15 is 0 Å². The van der Waals surface area contributed by atoms with Gasteiger partial charge in [0.1, 0.15) is 27.6 Å². The lowest BCUT2D eigenvalue weighted by Gasteiger charge is -2.06. The van der Waals surface area contributed by atoms with Crippen molar-refractivity contribution in [2.45, 2.75) is 6.92 Å². The number of aromatic amines is 1. The van der Waals surface area contributed by atoms with Gasteiger partial charge in [0.05, 0.1) is 0 Å². The van der Waals surface area contributed by atoms with Crippen molar-refractivity contribution in [3.05, 3.63) is 65.0 Å². The zero-order chi connectivity index (χ0) is 13.9. The topological polar surface area (TPSA) is 37.9 Å². The van der Waals surface area contributed by atoms with E-state index in [1.165, 1.54) is 0 Å². The predicted molar refractivity (Wildman–Crippen MR) is 83.0 cm³/mol. The molecule has 0 aliphatic heterocycles. The molecule has 0 fully saturated rings. The third kappa shape index (κ3) is 2.75. The molecule has 3 nitrogen and oxygen atoms in total. The number of H-pyrrole nitrogens is 1. The highest BCUT2D eigenvalue weighted by atomic mass is 79.9. The van der Waals surface area contributed by atoms with Gasteiger partial charge in [-0.1, -0.05) is 18.2 Å². The molecule has 0 unspecified atom stereocenters. The molecule has 0 aliphatic rings. The van der Waals surface area contributed by atoms with E-state index in [-0.39, 0.29) is 0 Å². The number of ether oxygens (including phenoxy) is 1. The number of para-hydroxylation sites is 1. The molecule has 0 saturated carbocycles. The Kier molecular flexibility index (Phi) is 3.56. The van der Waals surface area contributed by atoms with Crippen LogP contribution in [-0.4, -0.2) is 9.97 Å². The van der Waals surface area contributed by atoms with Crippen LogP contribution >= 0.6 is 15.9 Å². The van der Waals surface area contributed by atoms with Crippen LogP contribution in [0.15, 0.2) is 59.2 Å². The summed E-state index contributed by atoms with van der Waals surface area (Å²) in [6.45, 7) is 1.93. The van der Waals surface area contributed by atoms with Crippen molar-refractivity contribution in [1.29, 1.82) is 0 Å². The average Bonchev–Trinajstić information content (AvgIpc) is 2.80. The summed E-state index contributed by atoms with van der Waals surface area (Å²) in [6, 6.07) is 17.6. The lowest BCUT2D eigenvalue weighted by molar-refractivity contribution is 0.483. The molecule has 0 bridgehead atoms. The van der Waals surface area contributed by atoms with Gasteiger partial charge >= 0.3 is 0 Å². The van der Waals surface area contributed by atoms with Crippen LogP contribution in [0.5, 0.6) is 11.5 Å². The van der Waals surface area contributed by atoms with Gasteiger partial charge in [0, 0.05) is 5.56 Å². The monoisotopic (exact) mass is 328 g/mol. The summed E-state index contributed by atoms with van der Waals surface area (Å²) in [7, 11) is 0. The third-order valence-electron chi connectivity index (χ3n) is 2.88. The predicted octanol–water partition coefficient (Wildman–Crippen LogP) is 4.94. The lowest BCUT2D eigenvalue weighted by Crippen LogP contribution is -1.84. The van der Waals surface area contributed by atoms with E-state index in [4.69, 9.17) is 4.74 Å². The molecule has 0 aliphatic carbocycles. The smallest absolute Gasteiger partial charge is 0.127 e. The number of nitrogens with one attached hydrogen (secondary N) is 1. The highest BCUT2D eigenvalue weighted by molar-refractivity contribution is 9.10. The van der Waals surface area contributed by atoms with Crippen LogP contribution in [-0.2, 0) is 0 Å². The van der Waals surface area contributed by atoms with Crippen LogP contribution in [0.4, 0.5) is 0 Å². The third-order valence-corrected chi connectivity index (χ3v) is 3.46. The summed E-state index contributed by atoms with van der Waals surface area (Å²) in [5.74, 6) is 2.52. The summed E-state index contributed by atoms with van der Waals surface area (Å²) in [5, 5.41) is 0. The molecule has 0 atom stereocenters. The largest absolute Gasteiger partial charge is 0.457 e. The van der Waals surface area contributed by atoms with Crippen LogP contribution < -0.4 is 4.74 Å². The Labute approximate surface area is 125 Å². The van der Waals surface area contributed by atoms with Gasteiger partial charge in [-0.3, -0.25) is 0 Å². The van der Waals surface area contributed by atoms with Gasteiger partial charge in [0.2, 0.25) is 0 Å². The fraction of sp³-hybridized carbons (Fsp3) is 0.0625. The maximum atomic E-state index is 5.76. The molecule has 1 N–H and O–H groups in total. The molecule has 0 amide bonds. The van der Waals surface area contributed by atoms with Crippen molar-refractivity contribution in [2.75, 3.05) is 0 Å². The molecular formula is C16H13BrN2O. The summed E-state index contributed by atoms with van der Waals surface area (Å²) < 4.78 is 6.66. The van der Waals surface area contributed by atoms with Crippen LogP contribution in [0, 0.1) is 6.92 Å². The van der Waals surface area contributed by atoms with Crippen molar-refractivity contribution in [1.82, 2.24) is 9.97 Å². The van der Waals surface area contributed by atoms with Crippen molar-refractivity contribution < 1.29 is 4.74 Å². The molecule has 3 aromatic rings. The van der Waals surface area contributed by atoms with Gasteiger partial charge in [0.25, 0.3) is 0 Å². The molecule has 0 saturated heterocycles. The van der Waals surface area contributed by atoms with Crippen LogP contribution in [0.25, 0.3) is 11.3 Å². The Hall–Kier alpha value is -2.07. The van der Waals surface area contributed by atoms with Gasteiger partial charge in [-0.15, -0.1) is 0 Å². The number of halogens is 1. The average molecular weight is 329 g/mol. The minimum absolute atomic E-state index is 0.809. The number of hydrogen-bond acceptors (Lipinski definition) is 2. The first kappa shape index (κ1) is 12.9. The molecule has 1 aromatic heterocycles. The van der Waals surface area contributed by atoms with Crippen molar-refractivity contribution in [3.63, 3.8) is 0 Å². The highest BCUT2D eigenvalue weighted by Crippen LogP contribution is 2.28. The first-order valence-corrected chi connectivity index (χ1v) is 7.07. The van der Waals surface area contributed by atoms with Crippen LogP contribution in [0.1, 0.15) is 5.82 Å². The van der Waals surface area contributed by atoms with Crippen molar-refractivity contribution in [3.8, 4) is 22.8 Å². The second-order valence-electron chi connectivity index (χ2n) is 4.42. The van der Waals surface area contributed by atoms with E-state index in [1.807, 2.05) is 61.5 Å². The summed E-state index contributed by atoms with van der Waals surface area (Å²) in [5.41, 5.74) is 1.95. The number of imidazole rings is 1. The van der Waals surface area contributed by atoms with E-state index in [9.17, 15) is 0 Å². The Morgan fingerprint density at radius 2 is 1.60 bits per heavy atom. The minimum Gasteiger partial charge on any atom is -0.457 e. The van der Waals surface area contributed by atoms with E-state index < -0.39 is 0 Å². The Balaban J connectivity index is 1.83. The molecule has 0 spiro atoms. The van der Waals surface area contributed by atoms with E-state index in [0.29, 0.717) is 0 Å². The minimum atomic E-state index is 0.809. The molecule has 3 rings (SSSR count). The lowest BCUT2D eigenvalue weighted by atomic mass is 10.1. The fourth-order valence-electron chi connectivity index (χ4n) is 1.96. The number of rotatable bonds is 3. The second kappa shape index (κ2) is 5.51. The summed E-state index contributed by atoms with van der Waals surface area (Å²) >= 11 is 3.48. The van der Waals surface area contributed by atoms with Crippen LogP contribution in [0.3, 0.4) is 0 Å². The second-order valence-corrected chi connectivity index (χ2v) is 5.22. The fourth-order valence-corrected chi connectivity index (χ4v) is 2.56. The van der Waals surface area contributed by atoms with Gasteiger partial charge in [-0.2, -0.15) is 0 Å². The maximum Gasteiger partial charge on any atom is 0.127 e. The zero-order valence-electron chi connectivity index (χ0n) is 10.9. The Morgan fingerprint density at radius 3 is 2.20 bits per heavy atom. The van der Waals surface area contributed by atoms with Gasteiger partial charge in [0.15, 0.2) is 0 Å². The highest BCUT2D eigenvalue weighted by Gasteiger charge is 2.08. The van der Waals surface area contributed by atoms with E-state index in [0.717, 1.165) is 33.2 Å². The number of nitrogens with zero attached hydrogens (tertiary/aromatic N) is 1. The summed E-state index contributed by atoms with van der Waals surface area (Å²) in [6.07, 6.45) is 0. The molecule has 4 heteroatoms. The molecule has 20 heavy (non-hydrogen) atoms. The van der Waals surface area contributed by atoms with Gasteiger partial charge in [-0.05, 0) is 59.3 Å². The molecular weight excluding hydrogens is 316 g/mol.